The smallest absolute Gasteiger partial charge is 0.401 e. The number of rotatable bonds is 3. The number of likely N-dealkylation sites (tertiary alicyclic amines) is 1. The summed E-state index contributed by atoms with van der Waals surface area (Å²) in [4.78, 5) is 12.6. The molecule has 21 heavy (non-hydrogen) atoms. The lowest BCUT2D eigenvalue weighted by Gasteiger charge is -2.37. The molecule has 7 heteroatoms. The predicted octanol–water partition coefficient (Wildman–Crippen LogP) is 3.39. The van der Waals surface area contributed by atoms with Crippen molar-refractivity contribution in [2.24, 2.45) is 5.92 Å². The highest BCUT2D eigenvalue weighted by atomic mass is 35.5. The maximum absolute atomic E-state index is 12.5. The van der Waals surface area contributed by atoms with Gasteiger partial charge >= 0.3 is 12.1 Å². The first-order chi connectivity index (χ1) is 9.78. The SMILES string of the molecule is O=C(O)[C@@H]1CCN(CC(F)(F)F)C[C@H]1c1ccccc1Cl. The Kier molecular flexibility index (Phi) is 4.78. The van der Waals surface area contributed by atoms with Crippen LogP contribution in [0, 0.1) is 5.92 Å². The minimum absolute atomic E-state index is 0.0419. The van der Waals surface area contributed by atoms with Gasteiger partial charge in [0.25, 0.3) is 0 Å². The summed E-state index contributed by atoms with van der Waals surface area (Å²) in [5.41, 5.74) is 0.596. The molecule has 0 unspecified atom stereocenters. The summed E-state index contributed by atoms with van der Waals surface area (Å²) in [6.45, 7) is -0.863. The monoisotopic (exact) mass is 321 g/mol. The minimum Gasteiger partial charge on any atom is -0.481 e. The Bertz CT molecular complexity index is 521. The van der Waals surface area contributed by atoms with Gasteiger partial charge in [0.15, 0.2) is 0 Å². The molecule has 0 saturated carbocycles. The highest BCUT2D eigenvalue weighted by molar-refractivity contribution is 6.31. The van der Waals surface area contributed by atoms with E-state index in [1.54, 1.807) is 24.3 Å². The lowest BCUT2D eigenvalue weighted by atomic mass is 9.80. The van der Waals surface area contributed by atoms with Crippen LogP contribution in [0.4, 0.5) is 13.2 Å². The molecule has 1 aromatic rings. The number of benzene rings is 1. The molecule has 1 aromatic carbocycles. The normalized spacial score (nSPS) is 24.0. The average Bonchev–Trinajstić information content (AvgIpc) is 2.37. The maximum atomic E-state index is 12.5. The molecule has 116 valence electrons. The van der Waals surface area contributed by atoms with E-state index in [-0.39, 0.29) is 19.5 Å². The van der Waals surface area contributed by atoms with Crippen molar-refractivity contribution in [2.45, 2.75) is 18.5 Å². The fourth-order valence-electron chi connectivity index (χ4n) is 2.80. The van der Waals surface area contributed by atoms with Crippen molar-refractivity contribution < 1.29 is 23.1 Å². The first kappa shape index (κ1) is 16.1. The third-order valence-corrected chi connectivity index (χ3v) is 4.07. The van der Waals surface area contributed by atoms with E-state index >= 15 is 0 Å². The second-order valence-electron chi connectivity index (χ2n) is 5.21. The van der Waals surface area contributed by atoms with Crippen molar-refractivity contribution in [2.75, 3.05) is 19.6 Å². The Balaban J connectivity index is 2.24. The molecular formula is C14H15ClF3NO2. The largest absolute Gasteiger partial charge is 0.481 e. The van der Waals surface area contributed by atoms with Gasteiger partial charge in [-0.15, -0.1) is 0 Å². The van der Waals surface area contributed by atoms with Gasteiger partial charge in [-0.25, -0.2) is 0 Å². The van der Waals surface area contributed by atoms with E-state index in [0.29, 0.717) is 10.6 Å². The molecule has 0 bridgehead atoms. The third kappa shape index (κ3) is 4.11. The minimum atomic E-state index is -4.29. The van der Waals surface area contributed by atoms with Crippen molar-refractivity contribution in [3.05, 3.63) is 34.9 Å². The molecule has 2 rings (SSSR count). The van der Waals surface area contributed by atoms with Crippen molar-refractivity contribution in [3.63, 3.8) is 0 Å². The zero-order chi connectivity index (χ0) is 15.6. The number of hydrogen-bond donors (Lipinski definition) is 1. The Morgan fingerprint density at radius 3 is 2.62 bits per heavy atom. The van der Waals surface area contributed by atoms with E-state index in [1.807, 2.05) is 0 Å². The van der Waals surface area contributed by atoms with Crippen LogP contribution in [0.1, 0.15) is 17.9 Å². The average molecular weight is 322 g/mol. The Labute approximate surface area is 125 Å². The zero-order valence-corrected chi connectivity index (χ0v) is 11.9. The molecule has 0 aromatic heterocycles. The molecule has 3 nitrogen and oxygen atoms in total. The number of aliphatic carboxylic acids is 1. The van der Waals surface area contributed by atoms with Gasteiger partial charge in [-0.2, -0.15) is 13.2 Å². The van der Waals surface area contributed by atoms with E-state index in [1.165, 1.54) is 4.90 Å². The third-order valence-electron chi connectivity index (χ3n) is 3.72. The van der Waals surface area contributed by atoms with Crippen molar-refractivity contribution in [1.82, 2.24) is 4.90 Å². The Morgan fingerprint density at radius 2 is 2.05 bits per heavy atom. The van der Waals surface area contributed by atoms with Crippen LogP contribution in [0.3, 0.4) is 0 Å². The molecule has 0 radical (unpaired) electrons. The van der Waals surface area contributed by atoms with Gasteiger partial charge < -0.3 is 5.11 Å². The summed E-state index contributed by atoms with van der Waals surface area (Å²) in [7, 11) is 0. The molecule has 1 N–H and O–H groups in total. The summed E-state index contributed by atoms with van der Waals surface area (Å²) in [5, 5.41) is 9.69. The van der Waals surface area contributed by atoms with Gasteiger partial charge in [-0.3, -0.25) is 9.69 Å². The van der Waals surface area contributed by atoms with Gasteiger partial charge in [-0.1, -0.05) is 29.8 Å². The summed E-state index contributed by atoms with van der Waals surface area (Å²) in [5.74, 6) is -2.24. The molecule has 2 atom stereocenters. The number of nitrogens with zero attached hydrogens (tertiary/aromatic N) is 1. The van der Waals surface area contributed by atoms with Crippen LogP contribution in [0.5, 0.6) is 0 Å². The molecule has 1 heterocycles. The fraction of sp³-hybridized carbons (Fsp3) is 0.500. The van der Waals surface area contributed by atoms with Crippen LogP contribution in [-0.4, -0.2) is 41.8 Å². The fourth-order valence-corrected chi connectivity index (χ4v) is 3.08. The topological polar surface area (TPSA) is 40.5 Å². The number of carbonyl (C=O) groups is 1. The Hall–Kier alpha value is -1.27. The van der Waals surface area contributed by atoms with E-state index in [4.69, 9.17) is 11.6 Å². The summed E-state index contributed by atoms with van der Waals surface area (Å²) in [6.07, 6.45) is -4.11. The summed E-state index contributed by atoms with van der Waals surface area (Å²) < 4.78 is 37.6. The second kappa shape index (κ2) is 6.23. The molecule has 0 aliphatic carbocycles. The number of hydrogen-bond acceptors (Lipinski definition) is 2. The lowest BCUT2D eigenvalue weighted by molar-refractivity contribution is -0.154. The van der Waals surface area contributed by atoms with Gasteiger partial charge in [0.1, 0.15) is 0 Å². The van der Waals surface area contributed by atoms with Crippen LogP contribution >= 0.6 is 11.6 Å². The quantitative estimate of drug-likeness (QED) is 0.927. The second-order valence-corrected chi connectivity index (χ2v) is 5.62. The van der Waals surface area contributed by atoms with Crippen LogP contribution in [-0.2, 0) is 4.79 Å². The van der Waals surface area contributed by atoms with E-state index < -0.39 is 30.5 Å². The molecule has 1 aliphatic heterocycles. The van der Waals surface area contributed by atoms with Gasteiger partial charge in [-0.05, 0) is 24.6 Å². The van der Waals surface area contributed by atoms with E-state index in [9.17, 15) is 23.1 Å². The van der Waals surface area contributed by atoms with Crippen LogP contribution in [0.15, 0.2) is 24.3 Å². The standard InChI is InChI=1S/C14H15ClF3NO2/c15-12-4-2-1-3-9(12)11-7-19(8-14(16,17)18)6-5-10(11)13(20)21/h1-4,10-11H,5-8H2,(H,20,21)/t10-,11+/m1/s1. The number of alkyl halides is 3. The predicted molar refractivity (Wildman–Crippen MR) is 72.4 cm³/mol. The van der Waals surface area contributed by atoms with Gasteiger partial charge in [0, 0.05) is 17.5 Å². The van der Waals surface area contributed by atoms with Crippen molar-refractivity contribution in [1.29, 1.82) is 0 Å². The van der Waals surface area contributed by atoms with E-state index in [0.717, 1.165) is 0 Å². The van der Waals surface area contributed by atoms with Crippen LogP contribution in [0.2, 0.25) is 5.02 Å². The maximum Gasteiger partial charge on any atom is 0.401 e. The summed E-state index contributed by atoms with van der Waals surface area (Å²) >= 11 is 6.07. The summed E-state index contributed by atoms with van der Waals surface area (Å²) in [6, 6.07) is 6.72. The number of carboxylic acids is 1. The van der Waals surface area contributed by atoms with Crippen molar-refractivity contribution in [3.8, 4) is 0 Å². The molecular weight excluding hydrogens is 307 g/mol. The van der Waals surface area contributed by atoms with Gasteiger partial charge in [0.05, 0.1) is 12.5 Å². The molecule has 1 aliphatic rings. The first-order valence-corrected chi connectivity index (χ1v) is 6.92. The van der Waals surface area contributed by atoms with E-state index in [2.05, 4.69) is 0 Å². The van der Waals surface area contributed by atoms with Crippen LogP contribution < -0.4 is 0 Å². The number of halogens is 4. The molecule has 1 saturated heterocycles. The molecule has 1 fully saturated rings. The van der Waals surface area contributed by atoms with Gasteiger partial charge in [0.2, 0.25) is 0 Å². The van der Waals surface area contributed by atoms with Crippen LogP contribution in [0.25, 0.3) is 0 Å². The first-order valence-electron chi connectivity index (χ1n) is 6.54. The lowest BCUT2D eigenvalue weighted by Crippen LogP contribution is -2.45. The highest BCUT2D eigenvalue weighted by Gasteiger charge is 2.39. The highest BCUT2D eigenvalue weighted by Crippen LogP contribution is 2.37. The zero-order valence-electron chi connectivity index (χ0n) is 11.1. The molecule has 0 spiro atoms. The number of piperidine rings is 1. The number of carboxylic acid groups (broad SMARTS) is 1. The molecule has 0 amide bonds. The van der Waals surface area contributed by atoms with Crippen molar-refractivity contribution >= 4 is 17.6 Å². The Morgan fingerprint density at radius 1 is 1.38 bits per heavy atom.